The quantitative estimate of drug-likeness (QED) is 0.420. The number of carbonyl (C=O) groups is 1. The van der Waals surface area contributed by atoms with E-state index in [9.17, 15) is 4.79 Å². The summed E-state index contributed by atoms with van der Waals surface area (Å²) in [5.74, 6) is 0.711. The lowest BCUT2D eigenvalue weighted by Gasteiger charge is -2.04. The van der Waals surface area contributed by atoms with Crippen LogP contribution < -0.4 is 4.74 Å². The number of hydrogen-bond donors (Lipinski definition) is 0. The average molecular weight is 357 g/mol. The zero-order chi connectivity index (χ0) is 17.1. The Labute approximate surface area is 150 Å². The van der Waals surface area contributed by atoms with Crippen molar-refractivity contribution in [1.29, 1.82) is 0 Å². The van der Waals surface area contributed by atoms with E-state index in [0.29, 0.717) is 15.6 Å². The van der Waals surface area contributed by atoms with Crippen molar-refractivity contribution < 1.29 is 9.53 Å². The summed E-state index contributed by atoms with van der Waals surface area (Å²) >= 11 is 11.9. The molecule has 0 radical (unpaired) electrons. The third-order valence-electron chi connectivity index (χ3n) is 3.64. The summed E-state index contributed by atoms with van der Waals surface area (Å²) in [6, 6.07) is 16.5. The van der Waals surface area contributed by atoms with Crippen LogP contribution in [0.1, 0.15) is 15.9 Å². The lowest BCUT2D eigenvalue weighted by atomic mass is 10.0. The van der Waals surface area contributed by atoms with E-state index in [1.807, 2.05) is 30.3 Å². The normalized spacial score (nSPS) is 11.1. The fourth-order valence-corrected chi connectivity index (χ4v) is 2.99. The summed E-state index contributed by atoms with van der Waals surface area (Å²) in [5, 5.41) is 3.08. The number of hydrogen-bond acceptors (Lipinski definition) is 2. The molecule has 3 aromatic carbocycles. The molecule has 0 spiro atoms. The Morgan fingerprint density at radius 1 is 0.917 bits per heavy atom. The molecule has 0 amide bonds. The van der Waals surface area contributed by atoms with Crippen molar-refractivity contribution in [3.8, 4) is 5.75 Å². The standard InChI is InChI=1S/C20H14Cl2O2/c1-24-19-6-5-14-10-16(4-3-15(14)11-19)20(23)7-2-13-8-17(21)12-18(22)9-13/h2-12H,1H3. The molecule has 0 aliphatic heterocycles. The Balaban J connectivity index is 1.86. The molecular formula is C20H14Cl2O2. The minimum Gasteiger partial charge on any atom is -0.497 e. The first kappa shape index (κ1) is 16.6. The molecule has 0 aliphatic rings. The summed E-state index contributed by atoms with van der Waals surface area (Å²) in [7, 11) is 1.63. The number of methoxy groups -OCH3 is 1. The minimum atomic E-state index is -0.0798. The van der Waals surface area contributed by atoms with Gasteiger partial charge in [-0.1, -0.05) is 47.5 Å². The number of ether oxygens (including phenoxy) is 1. The van der Waals surface area contributed by atoms with Gasteiger partial charge in [-0.3, -0.25) is 4.79 Å². The second kappa shape index (κ2) is 7.08. The zero-order valence-electron chi connectivity index (χ0n) is 12.9. The van der Waals surface area contributed by atoms with Gasteiger partial charge in [-0.2, -0.15) is 0 Å². The van der Waals surface area contributed by atoms with Crippen molar-refractivity contribution in [2.45, 2.75) is 0 Å². The largest absolute Gasteiger partial charge is 0.497 e. The molecule has 0 unspecified atom stereocenters. The predicted octanol–water partition coefficient (Wildman–Crippen LogP) is 6.05. The van der Waals surface area contributed by atoms with Crippen LogP contribution in [0.3, 0.4) is 0 Å². The van der Waals surface area contributed by atoms with Crippen LogP contribution >= 0.6 is 23.2 Å². The van der Waals surface area contributed by atoms with Gasteiger partial charge in [0.2, 0.25) is 0 Å². The van der Waals surface area contributed by atoms with Crippen LogP contribution in [0.15, 0.2) is 60.7 Å². The number of fused-ring (bicyclic) bond motifs is 1. The maximum atomic E-state index is 12.4. The predicted molar refractivity (Wildman–Crippen MR) is 100 cm³/mol. The molecule has 0 N–H and O–H groups in total. The first-order chi connectivity index (χ1) is 11.5. The van der Waals surface area contributed by atoms with Crippen LogP contribution in [0.25, 0.3) is 16.8 Å². The Bertz CT molecular complexity index is 925. The highest BCUT2D eigenvalue weighted by Crippen LogP contribution is 2.23. The molecular weight excluding hydrogens is 343 g/mol. The highest BCUT2D eigenvalue weighted by Gasteiger charge is 2.04. The lowest BCUT2D eigenvalue weighted by molar-refractivity contribution is 0.104. The summed E-state index contributed by atoms with van der Waals surface area (Å²) in [6.07, 6.45) is 3.23. The number of halogens is 2. The molecule has 120 valence electrons. The molecule has 24 heavy (non-hydrogen) atoms. The van der Waals surface area contributed by atoms with E-state index in [-0.39, 0.29) is 5.78 Å². The molecule has 2 nitrogen and oxygen atoms in total. The summed E-state index contributed by atoms with van der Waals surface area (Å²) in [5.41, 5.74) is 1.41. The number of rotatable bonds is 4. The van der Waals surface area contributed by atoms with E-state index in [0.717, 1.165) is 22.1 Å². The molecule has 0 atom stereocenters. The van der Waals surface area contributed by atoms with Crippen molar-refractivity contribution >= 4 is 45.8 Å². The summed E-state index contributed by atoms with van der Waals surface area (Å²) in [4.78, 5) is 12.4. The van der Waals surface area contributed by atoms with Crippen LogP contribution in [-0.2, 0) is 0 Å². The maximum Gasteiger partial charge on any atom is 0.185 e. The molecule has 0 aromatic heterocycles. The van der Waals surface area contributed by atoms with Crippen LogP contribution in [-0.4, -0.2) is 12.9 Å². The van der Waals surface area contributed by atoms with Crippen molar-refractivity contribution in [3.63, 3.8) is 0 Å². The molecule has 3 aromatic rings. The first-order valence-electron chi connectivity index (χ1n) is 7.31. The fraction of sp³-hybridized carbons (Fsp3) is 0.0500. The van der Waals surface area contributed by atoms with Crippen molar-refractivity contribution in [2.24, 2.45) is 0 Å². The number of ketones is 1. The molecule has 0 fully saturated rings. The molecule has 0 aliphatic carbocycles. The van der Waals surface area contributed by atoms with Crippen LogP contribution in [0.4, 0.5) is 0 Å². The van der Waals surface area contributed by atoms with Crippen molar-refractivity contribution in [2.75, 3.05) is 7.11 Å². The highest BCUT2D eigenvalue weighted by molar-refractivity contribution is 6.34. The fourth-order valence-electron chi connectivity index (χ4n) is 2.44. The van der Waals surface area contributed by atoms with Gasteiger partial charge in [0, 0.05) is 15.6 Å². The number of allylic oxidation sites excluding steroid dienone is 1. The molecule has 0 bridgehead atoms. The summed E-state index contributed by atoms with van der Waals surface area (Å²) < 4.78 is 5.21. The van der Waals surface area contributed by atoms with Gasteiger partial charge in [-0.15, -0.1) is 0 Å². The van der Waals surface area contributed by atoms with Gasteiger partial charge in [0.15, 0.2) is 5.78 Å². The number of benzene rings is 3. The Morgan fingerprint density at radius 2 is 1.58 bits per heavy atom. The van der Waals surface area contributed by atoms with Crippen LogP contribution in [0.5, 0.6) is 5.75 Å². The Kier molecular flexibility index (Phi) is 4.89. The molecule has 0 saturated carbocycles. The third-order valence-corrected chi connectivity index (χ3v) is 4.08. The summed E-state index contributed by atoms with van der Waals surface area (Å²) in [6.45, 7) is 0. The minimum absolute atomic E-state index is 0.0798. The number of carbonyl (C=O) groups excluding carboxylic acids is 1. The monoisotopic (exact) mass is 356 g/mol. The van der Waals surface area contributed by atoms with Gasteiger partial charge in [-0.05, 0) is 58.8 Å². The van der Waals surface area contributed by atoms with E-state index in [2.05, 4.69) is 0 Å². The zero-order valence-corrected chi connectivity index (χ0v) is 14.4. The SMILES string of the molecule is COc1ccc2cc(C(=O)C=Cc3cc(Cl)cc(Cl)c3)ccc2c1. The van der Waals surface area contributed by atoms with E-state index in [1.165, 1.54) is 6.08 Å². The lowest BCUT2D eigenvalue weighted by Crippen LogP contribution is -1.94. The Hall–Kier alpha value is -2.29. The maximum absolute atomic E-state index is 12.4. The van der Waals surface area contributed by atoms with E-state index < -0.39 is 0 Å². The van der Waals surface area contributed by atoms with E-state index >= 15 is 0 Å². The van der Waals surface area contributed by atoms with Gasteiger partial charge in [0.05, 0.1) is 7.11 Å². The van der Waals surface area contributed by atoms with Crippen LogP contribution in [0.2, 0.25) is 10.0 Å². The van der Waals surface area contributed by atoms with Gasteiger partial charge >= 0.3 is 0 Å². The van der Waals surface area contributed by atoms with Crippen molar-refractivity contribution in [3.05, 3.63) is 81.8 Å². The second-order valence-corrected chi connectivity index (χ2v) is 6.20. The van der Waals surface area contributed by atoms with Gasteiger partial charge in [0.1, 0.15) is 5.75 Å². The topological polar surface area (TPSA) is 26.3 Å². The smallest absolute Gasteiger partial charge is 0.185 e. The third kappa shape index (κ3) is 3.78. The van der Waals surface area contributed by atoms with Gasteiger partial charge in [0.25, 0.3) is 0 Å². The van der Waals surface area contributed by atoms with Crippen LogP contribution in [0, 0.1) is 0 Å². The second-order valence-electron chi connectivity index (χ2n) is 5.33. The molecule has 0 heterocycles. The highest BCUT2D eigenvalue weighted by atomic mass is 35.5. The van der Waals surface area contributed by atoms with Crippen molar-refractivity contribution in [1.82, 2.24) is 0 Å². The van der Waals surface area contributed by atoms with Gasteiger partial charge in [-0.25, -0.2) is 0 Å². The molecule has 3 rings (SSSR count). The first-order valence-corrected chi connectivity index (χ1v) is 8.07. The molecule has 0 saturated heterocycles. The van der Waals surface area contributed by atoms with E-state index in [1.54, 1.807) is 37.5 Å². The molecule has 4 heteroatoms. The van der Waals surface area contributed by atoms with E-state index in [4.69, 9.17) is 27.9 Å². The average Bonchev–Trinajstić information content (AvgIpc) is 2.58. The Morgan fingerprint density at radius 3 is 2.29 bits per heavy atom. The van der Waals surface area contributed by atoms with Gasteiger partial charge < -0.3 is 4.74 Å².